The van der Waals surface area contributed by atoms with Crippen LogP contribution in [0.5, 0.6) is 0 Å². The van der Waals surface area contributed by atoms with Gasteiger partial charge in [0.25, 0.3) is 5.91 Å². The second-order valence-corrected chi connectivity index (χ2v) is 5.88. The molecule has 0 spiro atoms. The molecule has 1 aromatic heterocycles. The Kier molecular flexibility index (Phi) is 4.34. The first-order chi connectivity index (χ1) is 11.0. The van der Waals surface area contributed by atoms with Gasteiger partial charge < -0.3 is 15.2 Å². The van der Waals surface area contributed by atoms with Crippen molar-refractivity contribution >= 4 is 34.8 Å². The van der Waals surface area contributed by atoms with Crippen LogP contribution in [0.3, 0.4) is 0 Å². The summed E-state index contributed by atoms with van der Waals surface area (Å²) in [5, 5.41) is 9.60. The second kappa shape index (κ2) is 6.42. The SMILES string of the molecule is CC(=O)Nc1ccc(NC(=O)c2noc3c2CCCC3)c(Cl)c1. The maximum absolute atomic E-state index is 12.4. The molecule has 0 atom stereocenters. The Hall–Kier alpha value is -2.34. The molecule has 6 nitrogen and oxygen atoms in total. The van der Waals surface area contributed by atoms with Gasteiger partial charge in [-0.2, -0.15) is 0 Å². The fourth-order valence-electron chi connectivity index (χ4n) is 2.64. The minimum atomic E-state index is -0.342. The van der Waals surface area contributed by atoms with Crippen molar-refractivity contribution in [2.45, 2.75) is 32.6 Å². The summed E-state index contributed by atoms with van der Waals surface area (Å²) in [6.45, 7) is 1.41. The van der Waals surface area contributed by atoms with Gasteiger partial charge in [0.05, 0.1) is 10.7 Å². The largest absolute Gasteiger partial charge is 0.360 e. The fourth-order valence-corrected chi connectivity index (χ4v) is 2.87. The van der Waals surface area contributed by atoms with Gasteiger partial charge in [-0.1, -0.05) is 16.8 Å². The summed E-state index contributed by atoms with van der Waals surface area (Å²) in [6.07, 6.45) is 3.71. The van der Waals surface area contributed by atoms with E-state index in [9.17, 15) is 9.59 Å². The van der Waals surface area contributed by atoms with Crippen LogP contribution < -0.4 is 10.6 Å². The minimum absolute atomic E-state index is 0.188. The molecule has 1 heterocycles. The highest BCUT2D eigenvalue weighted by Gasteiger charge is 2.24. The number of aromatic nitrogens is 1. The van der Waals surface area contributed by atoms with E-state index >= 15 is 0 Å². The average molecular weight is 334 g/mol. The molecule has 0 saturated heterocycles. The number of carbonyl (C=O) groups excluding carboxylic acids is 2. The number of hydrogen-bond acceptors (Lipinski definition) is 4. The summed E-state index contributed by atoms with van der Waals surface area (Å²) >= 11 is 6.15. The average Bonchev–Trinajstić information content (AvgIpc) is 2.93. The molecule has 2 N–H and O–H groups in total. The van der Waals surface area contributed by atoms with Crippen molar-refractivity contribution in [1.82, 2.24) is 5.16 Å². The third-order valence-electron chi connectivity index (χ3n) is 3.70. The second-order valence-electron chi connectivity index (χ2n) is 5.47. The Morgan fingerprint density at radius 2 is 2.00 bits per heavy atom. The lowest BCUT2D eigenvalue weighted by Crippen LogP contribution is -2.16. The maximum Gasteiger partial charge on any atom is 0.278 e. The first-order valence-electron chi connectivity index (χ1n) is 7.40. The van der Waals surface area contributed by atoms with Gasteiger partial charge in [-0.3, -0.25) is 9.59 Å². The van der Waals surface area contributed by atoms with Crippen LogP contribution in [0.1, 0.15) is 41.6 Å². The molecule has 0 fully saturated rings. The number of halogens is 1. The van der Waals surface area contributed by atoms with Crippen molar-refractivity contribution in [3.63, 3.8) is 0 Å². The quantitative estimate of drug-likeness (QED) is 0.901. The van der Waals surface area contributed by atoms with E-state index in [2.05, 4.69) is 15.8 Å². The number of nitrogens with zero attached hydrogens (tertiary/aromatic N) is 1. The highest BCUT2D eigenvalue weighted by atomic mass is 35.5. The Morgan fingerprint density at radius 1 is 1.22 bits per heavy atom. The van der Waals surface area contributed by atoms with Crippen LogP contribution in [0.15, 0.2) is 22.7 Å². The monoisotopic (exact) mass is 333 g/mol. The lowest BCUT2D eigenvalue weighted by Gasteiger charge is -2.11. The zero-order chi connectivity index (χ0) is 16.4. The van der Waals surface area contributed by atoms with Crippen LogP contribution >= 0.6 is 11.6 Å². The lowest BCUT2D eigenvalue weighted by molar-refractivity contribution is -0.114. The van der Waals surface area contributed by atoms with Crippen LogP contribution in [0.25, 0.3) is 0 Å². The number of anilines is 2. The Morgan fingerprint density at radius 3 is 2.74 bits per heavy atom. The molecule has 23 heavy (non-hydrogen) atoms. The summed E-state index contributed by atoms with van der Waals surface area (Å²) in [5.41, 5.74) is 2.24. The summed E-state index contributed by atoms with van der Waals surface area (Å²) in [5.74, 6) is 0.270. The maximum atomic E-state index is 12.4. The van der Waals surface area contributed by atoms with E-state index in [0.29, 0.717) is 22.1 Å². The summed E-state index contributed by atoms with van der Waals surface area (Å²) in [6, 6.07) is 4.88. The number of nitrogens with one attached hydrogen (secondary N) is 2. The molecular weight excluding hydrogens is 318 g/mol. The standard InChI is InChI=1S/C16H16ClN3O3/c1-9(21)18-10-6-7-13(12(17)8-10)19-16(22)15-11-4-2-3-5-14(11)23-20-15/h6-8H,2-5H2,1H3,(H,18,21)(H,19,22). The van der Waals surface area contributed by atoms with Gasteiger partial charge in [0.1, 0.15) is 5.76 Å². The molecule has 2 aromatic rings. The van der Waals surface area contributed by atoms with Crippen LogP contribution in [0, 0.1) is 0 Å². The first kappa shape index (κ1) is 15.6. The molecule has 0 bridgehead atoms. The van der Waals surface area contributed by atoms with Gasteiger partial charge in [-0.15, -0.1) is 0 Å². The molecule has 0 saturated carbocycles. The number of aryl methyl sites for hydroxylation is 1. The van der Waals surface area contributed by atoms with Gasteiger partial charge >= 0.3 is 0 Å². The summed E-state index contributed by atoms with van der Waals surface area (Å²) < 4.78 is 5.25. The van der Waals surface area contributed by atoms with E-state index in [1.54, 1.807) is 18.2 Å². The van der Waals surface area contributed by atoms with E-state index in [1.807, 2.05) is 0 Å². The van der Waals surface area contributed by atoms with Crippen molar-refractivity contribution in [2.75, 3.05) is 10.6 Å². The molecule has 0 aliphatic heterocycles. The Balaban J connectivity index is 1.78. The first-order valence-corrected chi connectivity index (χ1v) is 7.78. The van der Waals surface area contributed by atoms with Crippen molar-refractivity contribution in [3.8, 4) is 0 Å². The van der Waals surface area contributed by atoms with Crippen LogP contribution in [0.4, 0.5) is 11.4 Å². The molecule has 3 rings (SSSR count). The topological polar surface area (TPSA) is 84.2 Å². The van der Waals surface area contributed by atoms with Crippen molar-refractivity contribution < 1.29 is 14.1 Å². The van der Waals surface area contributed by atoms with Crippen LogP contribution in [-0.4, -0.2) is 17.0 Å². The lowest BCUT2D eigenvalue weighted by atomic mass is 9.96. The van der Waals surface area contributed by atoms with Crippen molar-refractivity contribution in [2.24, 2.45) is 0 Å². The van der Waals surface area contributed by atoms with Gasteiger partial charge in [-0.25, -0.2) is 0 Å². The van der Waals surface area contributed by atoms with Gasteiger partial charge in [0.15, 0.2) is 5.69 Å². The van der Waals surface area contributed by atoms with E-state index in [4.69, 9.17) is 16.1 Å². The van der Waals surface area contributed by atoms with E-state index < -0.39 is 0 Å². The minimum Gasteiger partial charge on any atom is -0.360 e. The molecule has 1 aliphatic rings. The highest BCUT2D eigenvalue weighted by Crippen LogP contribution is 2.28. The normalized spacial score (nSPS) is 13.3. The molecule has 0 radical (unpaired) electrons. The molecule has 1 aromatic carbocycles. The van der Waals surface area contributed by atoms with E-state index in [1.165, 1.54) is 6.92 Å². The molecular formula is C16H16ClN3O3. The number of amides is 2. The van der Waals surface area contributed by atoms with Gasteiger partial charge in [-0.05, 0) is 37.5 Å². The van der Waals surface area contributed by atoms with Crippen LogP contribution in [-0.2, 0) is 17.6 Å². The van der Waals surface area contributed by atoms with E-state index in [-0.39, 0.29) is 11.8 Å². The number of rotatable bonds is 3. The molecule has 120 valence electrons. The zero-order valence-electron chi connectivity index (χ0n) is 12.6. The number of carbonyl (C=O) groups is 2. The Labute approximate surface area is 138 Å². The predicted octanol–water partition coefficient (Wildman–Crippen LogP) is 3.42. The number of fused-ring (bicyclic) bond motifs is 1. The third kappa shape index (κ3) is 3.37. The fraction of sp³-hybridized carbons (Fsp3) is 0.312. The molecule has 1 aliphatic carbocycles. The third-order valence-corrected chi connectivity index (χ3v) is 4.02. The number of hydrogen-bond donors (Lipinski definition) is 2. The predicted molar refractivity (Wildman–Crippen MR) is 86.9 cm³/mol. The number of benzene rings is 1. The molecule has 2 amide bonds. The smallest absolute Gasteiger partial charge is 0.278 e. The molecule has 0 unspecified atom stereocenters. The summed E-state index contributed by atoms with van der Waals surface area (Å²) in [7, 11) is 0. The van der Waals surface area contributed by atoms with Gasteiger partial charge in [0, 0.05) is 24.6 Å². The van der Waals surface area contributed by atoms with Gasteiger partial charge in [0.2, 0.25) is 5.91 Å². The van der Waals surface area contributed by atoms with Crippen molar-refractivity contribution in [1.29, 1.82) is 0 Å². The van der Waals surface area contributed by atoms with E-state index in [0.717, 1.165) is 37.0 Å². The Bertz CT molecular complexity index is 770. The summed E-state index contributed by atoms with van der Waals surface area (Å²) in [4.78, 5) is 23.4. The zero-order valence-corrected chi connectivity index (χ0v) is 13.4. The molecule has 7 heteroatoms. The van der Waals surface area contributed by atoms with Crippen LogP contribution in [0.2, 0.25) is 5.02 Å². The highest BCUT2D eigenvalue weighted by molar-refractivity contribution is 6.34. The van der Waals surface area contributed by atoms with Crippen molar-refractivity contribution in [3.05, 3.63) is 40.2 Å².